The molecule has 0 aliphatic carbocycles. The normalized spacial score (nSPS) is 14.3. The van der Waals surface area contributed by atoms with Crippen LogP contribution in [0.2, 0.25) is 0 Å². The molecule has 8 nitrogen and oxygen atoms in total. The van der Waals surface area contributed by atoms with Crippen molar-refractivity contribution in [1.29, 1.82) is 0 Å². The molecule has 0 saturated carbocycles. The standard InChI is InChI=1S/C18H32N2O6S/c1-9-11-19(15(13(3)4)17(21)25-7)27(23,24)20(12-10-2)16(14(5)6)18(22)26-8/h9-10,13-16H,1-2,11-12H2,3-8H3/t15-,16-/m0/s1. The van der Waals surface area contributed by atoms with Crippen molar-refractivity contribution < 1.29 is 27.5 Å². The van der Waals surface area contributed by atoms with Crippen molar-refractivity contribution in [2.75, 3.05) is 27.3 Å². The number of esters is 2. The first-order valence-corrected chi connectivity index (χ1v) is 10.1. The summed E-state index contributed by atoms with van der Waals surface area (Å²) in [7, 11) is -1.87. The number of hydrogen-bond acceptors (Lipinski definition) is 6. The Morgan fingerprint density at radius 1 is 0.852 bits per heavy atom. The van der Waals surface area contributed by atoms with Crippen LogP contribution >= 0.6 is 0 Å². The molecule has 0 amide bonds. The molecule has 0 rings (SSSR count). The van der Waals surface area contributed by atoms with Gasteiger partial charge >= 0.3 is 11.9 Å². The van der Waals surface area contributed by atoms with Crippen LogP contribution in [0.25, 0.3) is 0 Å². The number of carbonyl (C=O) groups excluding carboxylic acids is 2. The predicted molar refractivity (Wildman–Crippen MR) is 104 cm³/mol. The molecule has 0 aromatic carbocycles. The van der Waals surface area contributed by atoms with E-state index in [4.69, 9.17) is 9.47 Å². The SMILES string of the molecule is C=CCN([C@H](C(=O)OC)C(C)C)S(=O)(=O)N(CC=C)[C@H](C(=O)OC)C(C)C. The second-order valence-electron chi connectivity index (χ2n) is 6.65. The van der Waals surface area contributed by atoms with Crippen LogP contribution < -0.4 is 0 Å². The number of carbonyl (C=O) groups is 2. The molecule has 9 heteroatoms. The fourth-order valence-electron chi connectivity index (χ4n) is 2.78. The third-order valence-electron chi connectivity index (χ3n) is 3.98. The van der Waals surface area contributed by atoms with Gasteiger partial charge in [-0.3, -0.25) is 9.59 Å². The molecule has 0 unspecified atom stereocenters. The van der Waals surface area contributed by atoms with Crippen LogP contribution in [0.1, 0.15) is 27.7 Å². The van der Waals surface area contributed by atoms with Crippen molar-refractivity contribution >= 4 is 22.1 Å². The van der Waals surface area contributed by atoms with E-state index in [-0.39, 0.29) is 24.9 Å². The van der Waals surface area contributed by atoms with Gasteiger partial charge in [0.2, 0.25) is 0 Å². The fraction of sp³-hybridized carbons (Fsp3) is 0.667. The predicted octanol–water partition coefficient (Wildman–Crippen LogP) is 1.60. The summed E-state index contributed by atoms with van der Waals surface area (Å²) in [6, 6.07) is -2.15. The van der Waals surface area contributed by atoms with Crippen molar-refractivity contribution in [3.63, 3.8) is 0 Å². The van der Waals surface area contributed by atoms with E-state index in [1.54, 1.807) is 27.7 Å². The summed E-state index contributed by atoms with van der Waals surface area (Å²) < 4.78 is 38.6. The Labute approximate surface area is 163 Å². The molecule has 156 valence electrons. The fourth-order valence-corrected chi connectivity index (χ4v) is 4.87. The summed E-state index contributed by atoms with van der Waals surface area (Å²) in [6.07, 6.45) is 2.76. The highest BCUT2D eigenvalue weighted by Crippen LogP contribution is 2.24. The number of methoxy groups -OCH3 is 2. The van der Waals surface area contributed by atoms with Crippen LogP contribution in [-0.4, -0.2) is 68.4 Å². The van der Waals surface area contributed by atoms with E-state index < -0.39 is 34.2 Å². The zero-order valence-corrected chi connectivity index (χ0v) is 17.9. The molecule has 0 aromatic heterocycles. The van der Waals surface area contributed by atoms with E-state index in [1.807, 2.05) is 0 Å². The molecule has 0 aromatic rings. The number of nitrogens with zero attached hydrogens (tertiary/aromatic N) is 2. The quantitative estimate of drug-likeness (QED) is 0.362. The average molecular weight is 405 g/mol. The molecular weight excluding hydrogens is 372 g/mol. The Morgan fingerprint density at radius 2 is 1.15 bits per heavy atom. The molecule has 0 saturated heterocycles. The molecule has 0 heterocycles. The van der Waals surface area contributed by atoms with E-state index in [1.165, 1.54) is 26.4 Å². The number of ether oxygens (including phenoxy) is 2. The molecule has 0 bridgehead atoms. The third kappa shape index (κ3) is 6.15. The van der Waals surface area contributed by atoms with Gasteiger partial charge in [-0.25, -0.2) is 0 Å². The van der Waals surface area contributed by atoms with Gasteiger partial charge in [-0.15, -0.1) is 13.2 Å². The van der Waals surface area contributed by atoms with Crippen molar-refractivity contribution in [2.24, 2.45) is 11.8 Å². The highest BCUT2D eigenvalue weighted by Gasteiger charge is 2.45. The largest absolute Gasteiger partial charge is 0.468 e. The van der Waals surface area contributed by atoms with Gasteiger partial charge in [0.05, 0.1) is 14.2 Å². The first-order valence-electron chi connectivity index (χ1n) is 8.67. The minimum absolute atomic E-state index is 0.125. The summed E-state index contributed by atoms with van der Waals surface area (Å²) in [6.45, 7) is 13.8. The lowest BCUT2D eigenvalue weighted by atomic mass is 10.0. The van der Waals surface area contributed by atoms with Gasteiger partial charge in [-0.2, -0.15) is 17.0 Å². The van der Waals surface area contributed by atoms with Crippen molar-refractivity contribution in [1.82, 2.24) is 8.61 Å². The number of rotatable bonds is 12. The molecule has 0 radical (unpaired) electrons. The van der Waals surface area contributed by atoms with E-state index in [0.29, 0.717) is 0 Å². The molecule has 0 aliphatic heterocycles. The van der Waals surface area contributed by atoms with Gasteiger partial charge in [-0.05, 0) is 11.8 Å². The van der Waals surface area contributed by atoms with Crippen LogP contribution in [-0.2, 0) is 29.3 Å². The van der Waals surface area contributed by atoms with Crippen LogP contribution in [0.15, 0.2) is 25.3 Å². The van der Waals surface area contributed by atoms with Crippen LogP contribution in [0.3, 0.4) is 0 Å². The van der Waals surface area contributed by atoms with Crippen LogP contribution in [0, 0.1) is 11.8 Å². The summed E-state index contributed by atoms with van der Waals surface area (Å²) in [5, 5.41) is 0. The highest BCUT2D eigenvalue weighted by molar-refractivity contribution is 7.86. The monoisotopic (exact) mass is 404 g/mol. The minimum atomic E-state index is -4.26. The smallest absolute Gasteiger partial charge is 0.324 e. The maximum atomic E-state index is 13.5. The summed E-state index contributed by atoms with van der Waals surface area (Å²) >= 11 is 0. The maximum Gasteiger partial charge on any atom is 0.324 e. The van der Waals surface area contributed by atoms with Crippen LogP contribution in [0.5, 0.6) is 0 Å². The molecule has 0 aliphatic rings. The summed E-state index contributed by atoms with van der Waals surface area (Å²) in [5.74, 6) is -2.11. The third-order valence-corrected chi connectivity index (χ3v) is 5.92. The lowest BCUT2D eigenvalue weighted by Crippen LogP contribution is -2.58. The van der Waals surface area contributed by atoms with Crippen molar-refractivity contribution in [3.05, 3.63) is 25.3 Å². The second kappa shape index (κ2) is 11.2. The van der Waals surface area contributed by atoms with Gasteiger partial charge in [0.1, 0.15) is 12.1 Å². The first kappa shape index (κ1) is 25.3. The summed E-state index contributed by atoms with van der Waals surface area (Å²) in [5.41, 5.74) is 0. The van der Waals surface area contributed by atoms with Gasteiger partial charge < -0.3 is 9.47 Å². The zero-order chi connectivity index (χ0) is 21.4. The topological polar surface area (TPSA) is 93.2 Å². The lowest BCUT2D eigenvalue weighted by Gasteiger charge is -2.38. The van der Waals surface area contributed by atoms with E-state index >= 15 is 0 Å². The van der Waals surface area contributed by atoms with Gasteiger partial charge in [0.25, 0.3) is 10.2 Å². The van der Waals surface area contributed by atoms with Gasteiger partial charge in [0.15, 0.2) is 0 Å². The highest BCUT2D eigenvalue weighted by atomic mass is 32.2. The molecule has 27 heavy (non-hydrogen) atoms. The second-order valence-corrected chi connectivity index (χ2v) is 8.48. The Hall–Kier alpha value is -1.71. The minimum Gasteiger partial charge on any atom is -0.468 e. The van der Waals surface area contributed by atoms with E-state index in [2.05, 4.69) is 13.2 Å². The van der Waals surface area contributed by atoms with Gasteiger partial charge in [-0.1, -0.05) is 39.8 Å². The molecular formula is C18H32N2O6S. The van der Waals surface area contributed by atoms with E-state index in [0.717, 1.165) is 8.61 Å². The van der Waals surface area contributed by atoms with Gasteiger partial charge in [0, 0.05) is 13.1 Å². The zero-order valence-electron chi connectivity index (χ0n) is 17.0. The Bertz CT molecular complexity index is 582. The first-order chi connectivity index (χ1) is 12.5. The molecule has 2 atom stereocenters. The molecule has 0 spiro atoms. The molecule has 0 N–H and O–H groups in total. The van der Waals surface area contributed by atoms with Crippen molar-refractivity contribution in [2.45, 2.75) is 39.8 Å². The molecule has 0 fully saturated rings. The average Bonchev–Trinajstić information content (AvgIpc) is 2.59. The maximum absolute atomic E-state index is 13.5. The van der Waals surface area contributed by atoms with E-state index in [9.17, 15) is 18.0 Å². The Balaban J connectivity index is 6.45. The summed E-state index contributed by atoms with van der Waals surface area (Å²) in [4.78, 5) is 24.6. The Kier molecular flexibility index (Phi) is 10.5. The number of hydrogen-bond donors (Lipinski definition) is 0. The lowest BCUT2D eigenvalue weighted by molar-refractivity contribution is -0.146. The van der Waals surface area contributed by atoms with Crippen molar-refractivity contribution in [3.8, 4) is 0 Å². The Morgan fingerprint density at radius 3 is 1.33 bits per heavy atom. The van der Waals surface area contributed by atoms with Crippen LogP contribution in [0.4, 0.5) is 0 Å².